The number of amides is 1. The van der Waals surface area contributed by atoms with Gasteiger partial charge in [-0.3, -0.25) is 4.79 Å². The van der Waals surface area contributed by atoms with E-state index in [1.807, 2.05) is 0 Å². The largest absolute Gasteiger partial charge is 0.353 e. The molecule has 1 amide bonds. The molecular weight excluding hydrogens is 262 g/mol. The van der Waals surface area contributed by atoms with Crippen LogP contribution >= 0.6 is 0 Å². The number of carbonyl (C=O) groups excluding carboxylic acids is 1. The van der Waals surface area contributed by atoms with Crippen LogP contribution in [0.15, 0.2) is 0 Å². The van der Waals surface area contributed by atoms with Crippen molar-refractivity contribution in [2.75, 3.05) is 19.6 Å². The summed E-state index contributed by atoms with van der Waals surface area (Å²) in [7, 11) is 0. The number of likely N-dealkylation sites (tertiary alicyclic amines) is 1. The van der Waals surface area contributed by atoms with E-state index in [1.165, 1.54) is 0 Å². The summed E-state index contributed by atoms with van der Waals surface area (Å²) in [5.74, 6) is 0.964. The van der Waals surface area contributed by atoms with Gasteiger partial charge in [0.25, 0.3) is 0 Å². The summed E-state index contributed by atoms with van der Waals surface area (Å²) in [6, 6.07) is 0.951. The van der Waals surface area contributed by atoms with Gasteiger partial charge >= 0.3 is 0 Å². The van der Waals surface area contributed by atoms with Gasteiger partial charge in [0.15, 0.2) is 0 Å². The Labute approximate surface area is 129 Å². The van der Waals surface area contributed by atoms with E-state index >= 15 is 0 Å². The normalized spacial score (nSPS) is 32.3. The molecule has 1 aliphatic carbocycles. The molecule has 122 valence electrons. The Hall–Kier alpha value is -0.610. The predicted octanol–water partition coefficient (Wildman–Crippen LogP) is 2.13. The van der Waals surface area contributed by atoms with Crippen LogP contribution in [0.5, 0.6) is 0 Å². The minimum atomic E-state index is -0.290. The van der Waals surface area contributed by atoms with E-state index in [4.69, 9.17) is 5.73 Å². The Balaban J connectivity index is 1.86. The molecule has 0 radical (unpaired) electrons. The molecule has 1 aliphatic heterocycles. The van der Waals surface area contributed by atoms with E-state index < -0.39 is 0 Å². The van der Waals surface area contributed by atoms with Gasteiger partial charge in [-0.15, -0.1) is 0 Å². The van der Waals surface area contributed by atoms with Gasteiger partial charge in [0.1, 0.15) is 0 Å². The first-order chi connectivity index (χ1) is 9.97. The Bertz CT molecular complexity index is 340. The van der Waals surface area contributed by atoms with E-state index in [-0.39, 0.29) is 11.3 Å². The van der Waals surface area contributed by atoms with Crippen LogP contribution in [0, 0.1) is 11.3 Å². The molecule has 2 rings (SSSR count). The summed E-state index contributed by atoms with van der Waals surface area (Å²) in [6.45, 7) is 9.44. The highest BCUT2D eigenvalue weighted by Gasteiger charge is 2.40. The van der Waals surface area contributed by atoms with Gasteiger partial charge in [-0.05, 0) is 58.3 Å². The van der Waals surface area contributed by atoms with E-state index in [2.05, 4.69) is 31.0 Å². The number of hydrogen-bond acceptors (Lipinski definition) is 3. The summed E-state index contributed by atoms with van der Waals surface area (Å²) >= 11 is 0. The number of piperidine rings is 1. The second-order valence-electron chi connectivity index (χ2n) is 7.54. The summed E-state index contributed by atoms with van der Waals surface area (Å²) in [5.41, 5.74) is 5.69. The minimum absolute atomic E-state index is 0.222. The quantitative estimate of drug-likeness (QED) is 0.835. The van der Waals surface area contributed by atoms with E-state index in [0.29, 0.717) is 18.6 Å². The molecule has 3 N–H and O–H groups in total. The molecule has 4 nitrogen and oxygen atoms in total. The van der Waals surface area contributed by atoms with Crippen LogP contribution in [0.25, 0.3) is 0 Å². The monoisotopic (exact) mass is 295 g/mol. The average Bonchev–Trinajstić information content (AvgIpc) is 2.49. The molecule has 2 aliphatic rings. The molecule has 1 saturated carbocycles. The van der Waals surface area contributed by atoms with Crippen LogP contribution in [-0.2, 0) is 4.79 Å². The molecule has 1 heterocycles. The van der Waals surface area contributed by atoms with Crippen molar-refractivity contribution in [1.29, 1.82) is 0 Å². The Morgan fingerprint density at radius 2 is 1.81 bits per heavy atom. The lowest BCUT2D eigenvalue weighted by Gasteiger charge is -2.40. The summed E-state index contributed by atoms with van der Waals surface area (Å²) in [6.07, 6.45) is 6.33. The van der Waals surface area contributed by atoms with Crippen molar-refractivity contribution >= 4 is 5.91 Å². The zero-order valence-electron chi connectivity index (χ0n) is 14.0. The highest BCUT2D eigenvalue weighted by atomic mass is 16.2. The fourth-order valence-electron chi connectivity index (χ4n) is 3.74. The van der Waals surface area contributed by atoms with Gasteiger partial charge in [-0.2, -0.15) is 0 Å². The molecule has 0 spiro atoms. The van der Waals surface area contributed by atoms with Gasteiger partial charge in [0.05, 0.1) is 5.41 Å². The van der Waals surface area contributed by atoms with Gasteiger partial charge in [0.2, 0.25) is 5.91 Å². The third-order valence-electron chi connectivity index (χ3n) is 5.70. The summed E-state index contributed by atoms with van der Waals surface area (Å²) < 4.78 is 0. The molecule has 1 saturated heterocycles. The maximum atomic E-state index is 12.7. The summed E-state index contributed by atoms with van der Waals surface area (Å²) in [4.78, 5) is 15.2. The van der Waals surface area contributed by atoms with Crippen LogP contribution in [-0.4, -0.2) is 42.5 Å². The highest BCUT2D eigenvalue weighted by Crippen LogP contribution is 2.38. The van der Waals surface area contributed by atoms with E-state index in [0.717, 1.165) is 57.5 Å². The smallest absolute Gasteiger partial charge is 0.227 e. The van der Waals surface area contributed by atoms with Crippen molar-refractivity contribution in [1.82, 2.24) is 10.2 Å². The van der Waals surface area contributed by atoms with Crippen molar-refractivity contribution in [3.63, 3.8) is 0 Å². The van der Waals surface area contributed by atoms with Crippen molar-refractivity contribution in [3.8, 4) is 0 Å². The average molecular weight is 295 g/mol. The van der Waals surface area contributed by atoms with Gasteiger partial charge in [-0.25, -0.2) is 0 Å². The van der Waals surface area contributed by atoms with E-state index in [1.54, 1.807) is 0 Å². The molecule has 0 aromatic rings. The Kier molecular flexibility index (Phi) is 5.67. The van der Waals surface area contributed by atoms with Crippen molar-refractivity contribution in [2.45, 2.75) is 71.4 Å². The number of nitrogens with one attached hydrogen (secondary N) is 1. The molecule has 2 fully saturated rings. The molecular formula is C17H33N3O. The molecule has 0 unspecified atom stereocenters. The van der Waals surface area contributed by atoms with Crippen molar-refractivity contribution in [3.05, 3.63) is 0 Å². The molecule has 0 bridgehead atoms. The lowest BCUT2D eigenvalue weighted by atomic mass is 9.70. The van der Waals surface area contributed by atoms with Gasteiger partial charge in [0, 0.05) is 31.7 Å². The fourth-order valence-corrected chi connectivity index (χ4v) is 3.74. The standard InChI is InChI=1S/C17H33N3O/c1-13(2)20-10-6-15(7-11-20)19-16(21)17(12-18)8-4-14(3)5-9-17/h13-15H,4-12,18H2,1-3H3,(H,19,21). The number of nitrogens with zero attached hydrogens (tertiary/aromatic N) is 1. The second-order valence-corrected chi connectivity index (χ2v) is 7.54. The number of nitrogens with two attached hydrogens (primary N) is 1. The van der Waals surface area contributed by atoms with Crippen LogP contribution in [0.1, 0.15) is 59.3 Å². The second kappa shape index (κ2) is 7.10. The Morgan fingerprint density at radius 1 is 1.24 bits per heavy atom. The SMILES string of the molecule is CC1CCC(CN)(C(=O)NC2CCN(C(C)C)CC2)CC1. The third-order valence-corrected chi connectivity index (χ3v) is 5.70. The molecule has 0 aromatic carbocycles. The van der Waals surface area contributed by atoms with Gasteiger partial charge < -0.3 is 16.0 Å². The maximum absolute atomic E-state index is 12.7. The number of rotatable bonds is 4. The van der Waals surface area contributed by atoms with Crippen LogP contribution in [0.3, 0.4) is 0 Å². The van der Waals surface area contributed by atoms with Crippen molar-refractivity contribution in [2.24, 2.45) is 17.1 Å². The Morgan fingerprint density at radius 3 is 2.29 bits per heavy atom. The van der Waals surface area contributed by atoms with Crippen molar-refractivity contribution < 1.29 is 4.79 Å². The minimum Gasteiger partial charge on any atom is -0.353 e. The summed E-state index contributed by atoms with van der Waals surface area (Å²) in [5, 5.41) is 3.31. The van der Waals surface area contributed by atoms with Crippen LogP contribution < -0.4 is 11.1 Å². The van der Waals surface area contributed by atoms with E-state index in [9.17, 15) is 4.79 Å². The third kappa shape index (κ3) is 3.98. The van der Waals surface area contributed by atoms with Gasteiger partial charge in [-0.1, -0.05) is 6.92 Å². The molecule has 0 aromatic heterocycles. The first-order valence-corrected chi connectivity index (χ1v) is 8.72. The highest BCUT2D eigenvalue weighted by molar-refractivity contribution is 5.83. The first-order valence-electron chi connectivity index (χ1n) is 8.72. The predicted molar refractivity (Wildman–Crippen MR) is 87.0 cm³/mol. The molecule has 21 heavy (non-hydrogen) atoms. The maximum Gasteiger partial charge on any atom is 0.227 e. The number of carbonyl (C=O) groups is 1. The zero-order valence-corrected chi connectivity index (χ0v) is 14.0. The zero-order chi connectivity index (χ0) is 15.5. The molecule has 0 atom stereocenters. The first kappa shape index (κ1) is 16.8. The fraction of sp³-hybridized carbons (Fsp3) is 0.941. The molecule has 4 heteroatoms. The lowest BCUT2D eigenvalue weighted by Crippen LogP contribution is -2.53. The number of hydrogen-bond donors (Lipinski definition) is 2. The van der Waals surface area contributed by atoms with Crippen LogP contribution in [0.2, 0.25) is 0 Å². The topological polar surface area (TPSA) is 58.4 Å². The lowest BCUT2D eigenvalue weighted by molar-refractivity contribution is -0.134. The van der Waals surface area contributed by atoms with Crippen LogP contribution in [0.4, 0.5) is 0 Å².